The molecular weight excluding hydrogens is 196 g/mol. The van der Waals surface area contributed by atoms with Gasteiger partial charge in [-0.3, -0.25) is 0 Å². The smallest absolute Gasteiger partial charge is 0.181 e. The lowest BCUT2D eigenvalue weighted by Gasteiger charge is -2.30. The van der Waals surface area contributed by atoms with E-state index in [1.807, 2.05) is 0 Å². The molecule has 14 heavy (non-hydrogen) atoms. The van der Waals surface area contributed by atoms with Crippen LogP contribution in [0, 0.1) is 0 Å². The van der Waals surface area contributed by atoms with Crippen molar-refractivity contribution in [3.05, 3.63) is 16.6 Å². The average molecular weight is 206 g/mol. The van der Waals surface area contributed by atoms with Gasteiger partial charge >= 0.3 is 0 Å². The molecule has 1 saturated heterocycles. The van der Waals surface area contributed by atoms with Crippen molar-refractivity contribution >= 4 is 21.6 Å². The number of rotatable bonds is 0. The van der Waals surface area contributed by atoms with Crippen LogP contribution in [0.5, 0.6) is 0 Å². The van der Waals surface area contributed by atoms with Crippen molar-refractivity contribution in [1.82, 2.24) is 10.5 Å². The number of fused-ring (bicyclic) bond motifs is 3. The normalized spacial score (nSPS) is 29.7. The Bertz CT molecular complexity index is 455. The van der Waals surface area contributed by atoms with Gasteiger partial charge in [-0.15, -0.1) is 11.3 Å². The fraction of sp³-hybridized carbons (Fsp3) is 0.500. The summed E-state index contributed by atoms with van der Waals surface area (Å²) in [7, 11) is 0. The molecule has 0 amide bonds. The third-order valence-corrected chi connectivity index (χ3v) is 4.47. The van der Waals surface area contributed by atoms with Gasteiger partial charge in [0, 0.05) is 18.0 Å². The van der Waals surface area contributed by atoms with Gasteiger partial charge in [0.05, 0.1) is 4.70 Å². The van der Waals surface area contributed by atoms with Gasteiger partial charge in [0.15, 0.2) is 5.58 Å². The van der Waals surface area contributed by atoms with Crippen LogP contribution in [-0.4, -0.2) is 18.2 Å². The number of hydrogen-bond donors (Lipinski definition) is 1. The molecular formula is C10H10N2OS. The predicted molar refractivity (Wildman–Crippen MR) is 54.9 cm³/mol. The van der Waals surface area contributed by atoms with Crippen LogP contribution in [0.4, 0.5) is 0 Å². The fourth-order valence-electron chi connectivity index (χ4n) is 2.78. The second-order valence-corrected chi connectivity index (χ2v) is 5.00. The van der Waals surface area contributed by atoms with E-state index >= 15 is 0 Å². The van der Waals surface area contributed by atoms with Gasteiger partial charge in [0.25, 0.3) is 0 Å². The Labute approximate surface area is 85.1 Å². The van der Waals surface area contributed by atoms with Crippen molar-refractivity contribution in [3.63, 3.8) is 0 Å². The largest absolute Gasteiger partial charge is 0.355 e. The minimum absolute atomic E-state index is 0.561. The van der Waals surface area contributed by atoms with Crippen LogP contribution in [0.15, 0.2) is 9.90 Å². The van der Waals surface area contributed by atoms with Gasteiger partial charge in [-0.25, -0.2) is 0 Å². The molecule has 1 fully saturated rings. The Morgan fingerprint density at radius 1 is 1.50 bits per heavy atom. The summed E-state index contributed by atoms with van der Waals surface area (Å²) in [4.78, 5) is 0. The zero-order valence-corrected chi connectivity index (χ0v) is 8.43. The highest BCUT2D eigenvalue weighted by molar-refractivity contribution is 7.17. The second kappa shape index (κ2) is 2.38. The Balaban J connectivity index is 2.06. The lowest BCUT2D eigenvalue weighted by atomic mass is 9.78. The summed E-state index contributed by atoms with van der Waals surface area (Å²) in [6.07, 6.45) is 1.22. The first-order valence-corrected chi connectivity index (χ1v) is 5.90. The highest BCUT2D eigenvalue weighted by Gasteiger charge is 2.38. The summed E-state index contributed by atoms with van der Waals surface area (Å²) < 4.78 is 6.69. The van der Waals surface area contributed by atoms with E-state index in [4.69, 9.17) is 4.52 Å². The molecule has 0 spiro atoms. The van der Waals surface area contributed by atoms with Crippen LogP contribution in [-0.2, 0) is 0 Å². The molecule has 3 heterocycles. The van der Waals surface area contributed by atoms with E-state index in [0.29, 0.717) is 11.8 Å². The topological polar surface area (TPSA) is 38.1 Å². The standard InChI is InChI=1S/C10H10N2OS/c1-2-11-3-6-5(1)7-4-14-10-8(6)12-13-9(7)10/h4-6,11H,1-3H2. The molecule has 2 aromatic rings. The Morgan fingerprint density at radius 2 is 2.50 bits per heavy atom. The third kappa shape index (κ3) is 0.709. The first-order valence-electron chi connectivity index (χ1n) is 5.02. The van der Waals surface area contributed by atoms with Crippen LogP contribution in [0.1, 0.15) is 29.5 Å². The van der Waals surface area contributed by atoms with Gasteiger partial charge in [0.1, 0.15) is 5.69 Å². The van der Waals surface area contributed by atoms with E-state index in [-0.39, 0.29) is 0 Å². The van der Waals surface area contributed by atoms with Crippen LogP contribution < -0.4 is 5.32 Å². The van der Waals surface area contributed by atoms with Gasteiger partial charge < -0.3 is 9.84 Å². The highest BCUT2D eigenvalue weighted by atomic mass is 32.1. The lowest BCUT2D eigenvalue weighted by molar-refractivity contribution is 0.392. The molecule has 2 aliphatic rings. The number of hydrogen-bond acceptors (Lipinski definition) is 4. The molecule has 3 nitrogen and oxygen atoms in total. The molecule has 4 rings (SSSR count). The fourth-order valence-corrected chi connectivity index (χ4v) is 3.88. The summed E-state index contributed by atoms with van der Waals surface area (Å²) in [6.45, 7) is 2.18. The second-order valence-electron chi connectivity index (χ2n) is 4.12. The van der Waals surface area contributed by atoms with Gasteiger partial charge in [0.2, 0.25) is 0 Å². The lowest BCUT2D eigenvalue weighted by Crippen LogP contribution is -2.34. The molecule has 1 aliphatic heterocycles. The Morgan fingerprint density at radius 3 is 3.50 bits per heavy atom. The number of nitrogens with zero attached hydrogens (tertiary/aromatic N) is 1. The molecule has 1 N–H and O–H groups in total. The number of thiophene rings is 1. The maximum Gasteiger partial charge on any atom is 0.181 e. The van der Waals surface area contributed by atoms with Crippen LogP contribution >= 0.6 is 11.3 Å². The molecule has 0 aromatic carbocycles. The van der Waals surface area contributed by atoms with Gasteiger partial charge in [-0.05, 0) is 24.3 Å². The van der Waals surface area contributed by atoms with Crippen molar-refractivity contribution < 1.29 is 4.52 Å². The van der Waals surface area contributed by atoms with Crippen LogP contribution in [0.3, 0.4) is 0 Å². The van der Waals surface area contributed by atoms with Crippen LogP contribution in [0.25, 0.3) is 10.3 Å². The molecule has 4 heteroatoms. The van der Waals surface area contributed by atoms with Crippen molar-refractivity contribution in [2.24, 2.45) is 0 Å². The maximum atomic E-state index is 5.41. The maximum absolute atomic E-state index is 5.41. The Hall–Kier alpha value is -0.870. The molecule has 0 saturated carbocycles. The molecule has 72 valence electrons. The number of nitrogens with one attached hydrogen (secondary N) is 1. The van der Waals surface area contributed by atoms with Crippen molar-refractivity contribution in [2.45, 2.75) is 18.3 Å². The monoisotopic (exact) mass is 206 g/mol. The predicted octanol–water partition coefficient (Wildman–Crippen LogP) is 2.06. The van der Waals surface area contributed by atoms with E-state index in [2.05, 4.69) is 15.9 Å². The first kappa shape index (κ1) is 7.43. The molecule has 0 radical (unpaired) electrons. The first-order chi connectivity index (χ1) is 6.95. The van der Waals surface area contributed by atoms with Gasteiger partial charge in [-0.2, -0.15) is 0 Å². The van der Waals surface area contributed by atoms with E-state index < -0.39 is 0 Å². The van der Waals surface area contributed by atoms with Crippen molar-refractivity contribution in [2.75, 3.05) is 13.1 Å². The highest BCUT2D eigenvalue weighted by Crippen LogP contribution is 2.49. The molecule has 2 aromatic heterocycles. The average Bonchev–Trinajstić information content (AvgIpc) is 2.71. The summed E-state index contributed by atoms with van der Waals surface area (Å²) in [6, 6.07) is 0. The van der Waals surface area contributed by atoms with E-state index in [9.17, 15) is 0 Å². The molecule has 2 atom stereocenters. The molecule has 2 unspecified atom stereocenters. The summed E-state index contributed by atoms with van der Waals surface area (Å²) in [5.74, 6) is 1.22. The minimum atomic E-state index is 0.561. The SMILES string of the molecule is c1sc2c3noc2c1C1CCNCC31. The zero-order chi connectivity index (χ0) is 9.12. The third-order valence-electron chi connectivity index (χ3n) is 3.47. The van der Waals surface area contributed by atoms with Crippen LogP contribution in [0.2, 0.25) is 0 Å². The van der Waals surface area contributed by atoms with E-state index in [0.717, 1.165) is 18.7 Å². The summed E-state index contributed by atoms with van der Waals surface area (Å²) in [5.41, 5.74) is 3.66. The summed E-state index contributed by atoms with van der Waals surface area (Å²) >= 11 is 1.79. The number of piperidine rings is 1. The molecule has 1 aliphatic carbocycles. The van der Waals surface area contributed by atoms with Gasteiger partial charge in [-0.1, -0.05) is 5.16 Å². The van der Waals surface area contributed by atoms with E-state index in [1.54, 1.807) is 11.3 Å². The molecule has 4 bridgehead atoms. The van der Waals surface area contributed by atoms with E-state index in [1.165, 1.54) is 22.4 Å². The number of aromatic nitrogens is 1. The zero-order valence-electron chi connectivity index (χ0n) is 7.62. The minimum Gasteiger partial charge on any atom is -0.355 e. The summed E-state index contributed by atoms with van der Waals surface area (Å²) in [5, 5.41) is 9.91. The quantitative estimate of drug-likeness (QED) is 0.717. The van der Waals surface area contributed by atoms with Crippen molar-refractivity contribution in [3.8, 4) is 0 Å². The Kier molecular flexibility index (Phi) is 1.26. The van der Waals surface area contributed by atoms with Crippen molar-refractivity contribution in [1.29, 1.82) is 0 Å².